The predicted molar refractivity (Wildman–Crippen MR) is 92.3 cm³/mol. The van der Waals surface area contributed by atoms with Crippen LogP contribution in [0.5, 0.6) is 0 Å². The van der Waals surface area contributed by atoms with Crippen LogP contribution in [0.2, 0.25) is 0 Å². The molecule has 0 radical (unpaired) electrons. The largest absolute Gasteiger partial charge is 0.357 e. The quantitative estimate of drug-likeness (QED) is 0.887. The summed E-state index contributed by atoms with van der Waals surface area (Å²) in [5.41, 5.74) is 1.89. The molecule has 3 rings (SSSR count). The number of carbonyl (C=O) groups excluding carboxylic acids is 1. The average molecular weight is 327 g/mol. The highest BCUT2D eigenvalue weighted by Gasteiger charge is 2.13. The molecule has 0 unspecified atom stereocenters. The molecule has 1 amide bonds. The van der Waals surface area contributed by atoms with Gasteiger partial charge in [0.05, 0.1) is 0 Å². The number of pyridine rings is 1. The molecule has 0 spiro atoms. The maximum atomic E-state index is 13.1. The van der Waals surface area contributed by atoms with E-state index in [1.165, 1.54) is 25.0 Å². The molecule has 2 aromatic rings. The lowest BCUT2D eigenvalue weighted by molar-refractivity contribution is -0.121. The van der Waals surface area contributed by atoms with Crippen molar-refractivity contribution in [3.8, 4) is 0 Å². The molecule has 126 valence electrons. The van der Waals surface area contributed by atoms with Gasteiger partial charge in [0, 0.05) is 32.3 Å². The van der Waals surface area contributed by atoms with E-state index in [1.54, 1.807) is 12.1 Å². The minimum atomic E-state index is -0.284. The van der Waals surface area contributed by atoms with E-state index in [2.05, 4.69) is 21.3 Å². The number of halogens is 1. The Kier molecular flexibility index (Phi) is 5.41. The molecule has 1 aromatic heterocycles. The number of carbonyl (C=O) groups is 1. The summed E-state index contributed by atoms with van der Waals surface area (Å²) in [6.07, 6.45) is 5.34. The summed E-state index contributed by atoms with van der Waals surface area (Å²) in [5, 5.41) is 2.83. The molecular formula is C19H22FN3O. The van der Waals surface area contributed by atoms with Gasteiger partial charge in [0.2, 0.25) is 5.91 Å². The molecule has 0 aliphatic carbocycles. The van der Waals surface area contributed by atoms with Gasteiger partial charge in [-0.1, -0.05) is 12.1 Å². The van der Waals surface area contributed by atoms with Gasteiger partial charge in [0.25, 0.3) is 0 Å². The Morgan fingerprint density at radius 1 is 1.17 bits per heavy atom. The van der Waals surface area contributed by atoms with Crippen molar-refractivity contribution in [1.82, 2.24) is 10.3 Å². The molecule has 0 atom stereocenters. The molecule has 1 aliphatic rings. The summed E-state index contributed by atoms with van der Waals surface area (Å²) in [7, 11) is 0. The normalized spacial score (nSPS) is 14.0. The van der Waals surface area contributed by atoms with Crippen LogP contribution in [0.4, 0.5) is 10.2 Å². The maximum absolute atomic E-state index is 13.1. The van der Waals surface area contributed by atoms with Crippen LogP contribution >= 0.6 is 0 Å². The minimum Gasteiger partial charge on any atom is -0.357 e. The molecular weight excluding hydrogens is 305 g/mol. The second-order valence-corrected chi connectivity index (χ2v) is 6.12. The molecule has 1 fully saturated rings. The van der Waals surface area contributed by atoms with E-state index in [1.807, 2.05) is 12.3 Å². The van der Waals surface area contributed by atoms with E-state index in [0.29, 0.717) is 19.4 Å². The molecule has 1 aromatic carbocycles. The van der Waals surface area contributed by atoms with Crippen LogP contribution in [-0.2, 0) is 17.8 Å². The fourth-order valence-corrected chi connectivity index (χ4v) is 2.93. The highest BCUT2D eigenvalue weighted by Crippen LogP contribution is 2.19. The number of benzene rings is 1. The first kappa shape index (κ1) is 16.4. The van der Waals surface area contributed by atoms with Gasteiger partial charge in [-0.25, -0.2) is 9.37 Å². The Morgan fingerprint density at radius 3 is 2.79 bits per heavy atom. The van der Waals surface area contributed by atoms with Crippen molar-refractivity contribution < 1.29 is 9.18 Å². The zero-order valence-electron chi connectivity index (χ0n) is 13.7. The van der Waals surface area contributed by atoms with Crippen LogP contribution in [0.1, 0.15) is 30.4 Å². The van der Waals surface area contributed by atoms with E-state index >= 15 is 0 Å². The summed E-state index contributed by atoms with van der Waals surface area (Å²) < 4.78 is 13.1. The number of amides is 1. The third kappa shape index (κ3) is 4.54. The first-order valence-electron chi connectivity index (χ1n) is 8.42. The average Bonchev–Trinajstić information content (AvgIpc) is 3.13. The van der Waals surface area contributed by atoms with E-state index in [4.69, 9.17) is 0 Å². The SMILES string of the molecule is O=C(CCc1ccnc(N2CCCC2)c1)NCc1cccc(F)c1. The summed E-state index contributed by atoms with van der Waals surface area (Å²) in [5.74, 6) is 0.692. The summed E-state index contributed by atoms with van der Waals surface area (Å²) in [6.45, 7) is 2.47. The zero-order valence-corrected chi connectivity index (χ0v) is 13.7. The molecule has 0 bridgehead atoms. The van der Waals surface area contributed by atoms with Gasteiger partial charge in [-0.2, -0.15) is 0 Å². The third-order valence-electron chi connectivity index (χ3n) is 4.26. The number of anilines is 1. The minimum absolute atomic E-state index is 0.0289. The van der Waals surface area contributed by atoms with Gasteiger partial charge >= 0.3 is 0 Å². The highest BCUT2D eigenvalue weighted by atomic mass is 19.1. The Morgan fingerprint density at radius 2 is 2.00 bits per heavy atom. The first-order chi connectivity index (χ1) is 11.7. The lowest BCUT2D eigenvalue weighted by Gasteiger charge is -2.16. The summed E-state index contributed by atoms with van der Waals surface area (Å²) in [4.78, 5) is 18.7. The standard InChI is InChI=1S/C19H22FN3O/c20-17-5-3-4-16(12-17)14-22-19(24)7-6-15-8-9-21-18(13-15)23-10-1-2-11-23/h3-5,8-9,12-13H,1-2,6-7,10-11,14H2,(H,22,24). The van der Waals surface area contributed by atoms with Gasteiger partial charge in [-0.05, 0) is 54.7 Å². The van der Waals surface area contributed by atoms with Crippen molar-refractivity contribution in [2.45, 2.75) is 32.2 Å². The molecule has 5 heteroatoms. The van der Waals surface area contributed by atoms with E-state index in [9.17, 15) is 9.18 Å². The number of rotatable bonds is 6. The molecule has 1 aliphatic heterocycles. The van der Waals surface area contributed by atoms with E-state index < -0.39 is 0 Å². The van der Waals surface area contributed by atoms with Crippen molar-refractivity contribution in [2.24, 2.45) is 0 Å². The molecule has 24 heavy (non-hydrogen) atoms. The fraction of sp³-hybridized carbons (Fsp3) is 0.368. The molecule has 0 saturated carbocycles. The van der Waals surface area contributed by atoms with Crippen molar-refractivity contribution in [3.05, 3.63) is 59.5 Å². The van der Waals surface area contributed by atoms with Gasteiger partial charge in [0.1, 0.15) is 11.6 Å². The molecule has 4 nitrogen and oxygen atoms in total. The van der Waals surface area contributed by atoms with Gasteiger partial charge < -0.3 is 10.2 Å². The van der Waals surface area contributed by atoms with Gasteiger partial charge in [0.15, 0.2) is 0 Å². The predicted octanol–water partition coefficient (Wildman–Crippen LogP) is 3.07. The number of hydrogen-bond acceptors (Lipinski definition) is 3. The van der Waals surface area contributed by atoms with Crippen molar-refractivity contribution >= 4 is 11.7 Å². The molecule has 1 saturated heterocycles. The second-order valence-electron chi connectivity index (χ2n) is 6.12. The topological polar surface area (TPSA) is 45.2 Å². The van der Waals surface area contributed by atoms with Crippen LogP contribution in [0.25, 0.3) is 0 Å². The van der Waals surface area contributed by atoms with Crippen LogP contribution in [-0.4, -0.2) is 24.0 Å². The lowest BCUT2D eigenvalue weighted by atomic mass is 10.1. The number of hydrogen-bond donors (Lipinski definition) is 1. The van der Waals surface area contributed by atoms with Crippen LogP contribution < -0.4 is 10.2 Å². The van der Waals surface area contributed by atoms with Crippen LogP contribution in [0.15, 0.2) is 42.6 Å². The number of aryl methyl sites for hydroxylation is 1. The van der Waals surface area contributed by atoms with E-state index in [-0.39, 0.29) is 11.7 Å². The summed E-state index contributed by atoms with van der Waals surface area (Å²) >= 11 is 0. The van der Waals surface area contributed by atoms with Crippen LogP contribution in [0.3, 0.4) is 0 Å². The van der Waals surface area contributed by atoms with Crippen LogP contribution in [0, 0.1) is 5.82 Å². The summed E-state index contributed by atoms with van der Waals surface area (Å²) in [6, 6.07) is 10.3. The third-order valence-corrected chi connectivity index (χ3v) is 4.26. The first-order valence-corrected chi connectivity index (χ1v) is 8.42. The van der Waals surface area contributed by atoms with Crippen molar-refractivity contribution in [1.29, 1.82) is 0 Å². The monoisotopic (exact) mass is 327 g/mol. The zero-order chi connectivity index (χ0) is 16.8. The Hall–Kier alpha value is -2.43. The highest BCUT2D eigenvalue weighted by molar-refractivity contribution is 5.76. The van der Waals surface area contributed by atoms with Crippen molar-refractivity contribution in [2.75, 3.05) is 18.0 Å². The Labute approximate surface area is 141 Å². The lowest BCUT2D eigenvalue weighted by Crippen LogP contribution is -2.23. The van der Waals surface area contributed by atoms with Gasteiger partial charge in [-0.3, -0.25) is 4.79 Å². The van der Waals surface area contributed by atoms with Crippen molar-refractivity contribution in [3.63, 3.8) is 0 Å². The fourth-order valence-electron chi connectivity index (χ4n) is 2.93. The van der Waals surface area contributed by atoms with Gasteiger partial charge in [-0.15, -0.1) is 0 Å². The second kappa shape index (κ2) is 7.90. The Balaban J connectivity index is 1.48. The molecule has 2 heterocycles. The maximum Gasteiger partial charge on any atom is 0.220 e. The smallest absolute Gasteiger partial charge is 0.220 e. The van der Waals surface area contributed by atoms with E-state index in [0.717, 1.165) is 30.0 Å². The number of nitrogens with zero attached hydrogens (tertiary/aromatic N) is 2. The molecule has 1 N–H and O–H groups in total. The number of aromatic nitrogens is 1. The Bertz CT molecular complexity index is 699. The number of nitrogens with one attached hydrogen (secondary N) is 1.